The third-order valence-electron chi connectivity index (χ3n) is 4.66. The average molecular weight is 405 g/mol. The third-order valence-corrected chi connectivity index (χ3v) is 4.66. The molecular weight excluding hydrogens is 385 g/mol. The number of amides is 1. The number of aromatic nitrogens is 4. The molecule has 30 heavy (non-hydrogen) atoms. The Morgan fingerprint density at radius 3 is 2.70 bits per heavy atom. The van der Waals surface area contributed by atoms with Crippen LogP contribution < -0.4 is 5.32 Å². The number of benzene rings is 2. The number of fused-ring (bicyclic) bond motifs is 1. The fraction of sp³-hybridized carbons (Fsp3) is 0.182. The molecule has 0 aliphatic carbocycles. The van der Waals surface area contributed by atoms with Crippen LogP contribution in [0, 0.1) is 5.82 Å². The maximum atomic E-state index is 14.0. The maximum absolute atomic E-state index is 14.0. The molecule has 2 heterocycles. The molecule has 7 nitrogen and oxygen atoms in total. The van der Waals surface area contributed by atoms with Gasteiger partial charge in [-0.3, -0.25) is 4.79 Å². The summed E-state index contributed by atoms with van der Waals surface area (Å²) in [7, 11) is 1.62. The molecule has 0 bridgehead atoms. The van der Waals surface area contributed by atoms with E-state index in [1.54, 1.807) is 50.4 Å². The van der Waals surface area contributed by atoms with Crippen LogP contribution >= 0.6 is 0 Å². The van der Waals surface area contributed by atoms with Crippen molar-refractivity contribution in [1.82, 2.24) is 24.9 Å². The van der Waals surface area contributed by atoms with E-state index in [2.05, 4.69) is 20.4 Å². The molecule has 1 atom stereocenters. The Morgan fingerprint density at radius 1 is 1.20 bits per heavy atom. The van der Waals surface area contributed by atoms with Gasteiger partial charge in [-0.15, -0.1) is 5.10 Å². The highest BCUT2D eigenvalue weighted by molar-refractivity contribution is 5.94. The first-order valence-electron chi connectivity index (χ1n) is 9.41. The van der Waals surface area contributed by atoms with Crippen LogP contribution in [0.3, 0.4) is 0 Å². The van der Waals surface area contributed by atoms with E-state index in [9.17, 15) is 9.18 Å². The number of hydrogen-bond donors (Lipinski definition) is 1. The highest BCUT2D eigenvalue weighted by atomic mass is 19.1. The number of rotatable bonds is 6. The molecular formula is C22H20FN5O2. The fourth-order valence-corrected chi connectivity index (χ4v) is 3.08. The van der Waals surface area contributed by atoms with Gasteiger partial charge >= 0.3 is 0 Å². The molecule has 0 saturated heterocycles. The number of nitrogens with one attached hydrogen (secondary N) is 1. The van der Waals surface area contributed by atoms with Gasteiger partial charge < -0.3 is 10.1 Å². The molecule has 0 spiro atoms. The number of hydrogen-bond acceptors (Lipinski definition) is 5. The summed E-state index contributed by atoms with van der Waals surface area (Å²) in [6.45, 7) is 2.30. The lowest BCUT2D eigenvalue weighted by molar-refractivity contribution is 0.0938. The van der Waals surface area contributed by atoms with Gasteiger partial charge in [0.25, 0.3) is 5.91 Å². The predicted octanol–water partition coefficient (Wildman–Crippen LogP) is 3.57. The third kappa shape index (κ3) is 4.04. The summed E-state index contributed by atoms with van der Waals surface area (Å²) >= 11 is 0. The largest absolute Gasteiger partial charge is 0.380 e. The number of nitrogens with zero attached hydrogens (tertiary/aromatic N) is 4. The quantitative estimate of drug-likeness (QED) is 0.530. The van der Waals surface area contributed by atoms with E-state index in [0.29, 0.717) is 34.9 Å². The molecule has 4 aromatic rings. The Kier molecular flexibility index (Phi) is 5.49. The fourth-order valence-electron chi connectivity index (χ4n) is 3.08. The van der Waals surface area contributed by atoms with Gasteiger partial charge in [0.15, 0.2) is 11.5 Å². The van der Waals surface area contributed by atoms with Crippen molar-refractivity contribution in [2.75, 3.05) is 7.11 Å². The number of carbonyl (C=O) groups excluding carboxylic acids is 1. The summed E-state index contributed by atoms with van der Waals surface area (Å²) in [4.78, 5) is 21.3. The summed E-state index contributed by atoms with van der Waals surface area (Å²) in [5.41, 5.74) is 2.90. The molecule has 0 fully saturated rings. The van der Waals surface area contributed by atoms with Gasteiger partial charge in [-0.1, -0.05) is 24.3 Å². The van der Waals surface area contributed by atoms with Crippen LogP contribution in [0.2, 0.25) is 0 Å². The van der Waals surface area contributed by atoms with E-state index in [1.807, 2.05) is 12.1 Å². The summed E-state index contributed by atoms with van der Waals surface area (Å²) in [6, 6.07) is 14.9. The van der Waals surface area contributed by atoms with Crippen LogP contribution in [-0.4, -0.2) is 32.6 Å². The average Bonchev–Trinajstić information content (AvgIpc) is 3.18. The molecule has 4 rings (SSSR count). The predicted molar refractivity (Wildman–Crippen MR) is 109 cm³/mol. The van der Waals surface area contributed by atoms with Gasteiger partial charge in [0.1, 0.15) is 12.1 Å². The lowest BCUT2D eigenvalue weighted by Gasteiger charge is -2.10. The van der Waals surface area contributed by atoms with Crippen LogP contribution in [0.1, 0.15) is 34.7 Å². The zero-order valence-corrected chi connectivity index (χ0v) is 16.5. The van der Waals surface area contributed by atoms with E-state index in [0.717, 1.165) is 5.56 Å². The minimum atomic E-state index is -0.423. The molecule has 0 radical (unpaired) electrons. The Morgan fingerprint density at radius 2 is 1.97 bits per heavy atom. The van der Waals surface area contributed by atoms with Crippen LogP contribution in [0.5, 0.6) is 0 Å². The number of methoxy groups -OCH3 is 1. The molecule has 2 aromatic heterocycles. The lowest BCUT2D eigenvalue weighted by atomic mass is 10.1. The Bertz CT molecular complexity index is 1190. The van der Waals surface area contributed by atoms with Crippen molar-refractivity contribution >= 4 is 11.6 Å². The SMILES string of the molecule is COCc1ccc(C(=O)N[C@@H](C)c2nc3cc(-c4ccccc4F)ncn3n2)cc1. The molecule has 8 heteroatoms. The minimum absolute atomic E-state index is 0.226. The van der Waals surface area contributed by atoms with Crippen LogP contribution in [-0.2, 0) is 11.3 Å². The Balaban J connectivity index is 1.52. The van der Waals surface area contributed by atoms with Crippen LogP contribution in [0.25, 0.3) is 16.9 Å². The van der Waals surface area contributed by atoms with Crippen molar-refractivity contribution in [1.29, 1.82) is 0 Å². The standard InChI is InChI=1S/C22H20FN5O2/c1-14(25-22(29)16-9-7-15(8-10-16)12-30-2)21-26-20-11-19(24-13-28(20)27-21)17-5-3-4-6-18(17)23/h3-11,13-14H,12H2,1-2H3,(H,25,29)/t14-/m0/s1. The van der Waals surface area contributed by atoms with E-state index in [1.165, 1.54) is 16.9 Å². The number of halogens is 1. The first kappa shape index (κ1) is 19.7. The first-order chi connectivity index (χ1) is 14.5. The van der Waals surface area contributed by atoms with Crippen molar-refractivity contribution in [3.8, 4) is 11.3 Å². The van der Waals surface area contributed by atoms with Gasteiger partial charge in [0.2, 0.25) is 0 Å². The molecule has 152 valence electrons. The van der Waals surface area contributed by atoms with Gasteiger partial charge in [0.05, 0.1) is 18.3 Å². The number of ether oxygens (including phenoxy) is 1. The van der Waals surface area contributed by atoms with Crippen LogP contribution in [0.15, 0.2) is 60.9 Å². The summed E-state index contributed by atoms with van der Waals surface area (Å²) in [5.74, 6) is -0.145. The van der Waals surface area contributed by atoms with Crippen molar-refractivity contribution < 1.29 is 13.9 Å². The van der Waals surface area contributed by atoms with Crippen molar-refractivity contribution in [2.45, 2.75) is 19.6 Å². The van der Waals surface area contributed by atoms with E-state index in [-0.39, 0.29) is 11.7 Å². The Hall–Kier alpha value is -3.65. The number of carbonyl (C=O) groups is 1. The van der Waals surface area contributed by atoms with E-state index in [4.69, 9.17) is 4.74 Å². The second kappa shape index (κ2) is 8.38. The van der Waals surface area contributed by atoms with Crippen molar-refractivity contribution in [3.63, 3.8) is 0 Å². The molecule has 0 unspecified atom stereocenters. The maximum Gasteiger partial charge on any atom is 0.251 e. The zero-order valence-electron chi connectivity index (χ0n) is 16.5. The van der Waals surface area contributed by atoms with E-state index < -0.39 is 6.04 Å². The molecule has 0 aliphatic rings. The molecule has 2 aromatic carbocycles. The monoisotopic (exact) mass is 405 g/mol. The zero-order chi connectivity index (χ0) is 21.1. The van der Waals surface area contributed by atoms with Crippen molar-refractivity contribution in [3.05, 3.63) is 83.7 Å². The summed E-state index contributed by atoms with van der Waals surface area (Å²) < 4.78 is 20.6. The second-order valence-corrected chi connectivity index (χ2v) is 6.85. The van der Waals surface area contributed by atoms with Crippen molar-refractivity contribution in [2.24, 2.45) is 0 Å². The van der Waals surface area contributed by atoms with Gasteiger partial charge in [-0.25, -0.2) is 18.9 Å². The van der Waals surface area contributed by atoms with Gasteiger partial charge in [-0.2, -0.15) is 0 Å². The minimum Gasteiger partial charge on any atom is -0.380 e. The highest BCUT2D eigenvalue weighted by Gasteiger charge is 2.17. The van der Waals surface area contributed by atoms with Gasteiger partial charge in [-0.05, 0) is 36.8 Å². The topological polar surface area (TPSA) is 81.4 Å². The van der Waals surface area contributed by atoms with Gasteiger partial charge in [0, 0.05) is 24.3 Å². The summed E-state index contributed by atoms with van der Waals surface area (Å²) in [6.07, 6.45) is 1.48. The second-order valence-electron chi connectivity index (χ2n) is 6.85. The molecule has 1 amide bonds. The molecule has 0 aliphatic heterocycles. The first-order valence-corrected chi connectivity index (χ1v) is 9.41. The Labute approximate surface area is 172 Å². The molecule has 1 N–H and O–H groups in total. The lowest BCUT2D eigenvalue weighted by Crippen LogP contribution is -2.27. The summed E-state index contributed by atoms with van der Waals surface area (Å²) in [5, 5.41) is 7.26. The normalized spacial score (nSPS) is 12.1. The van der Waals surface area contributed by atoms with E-state index >= 15 is 0 Å². The highest BCUT2D eigenvalue weighted by Crippen LogP contribution is 2.21. The van der Waals surface area contributed by atoms with Crippen LogP contribution in [0.4, 0.5) is 4.39 Å². The smallest absolute Gasteiger partial charge is 0.251 e. The molecule has 0 saturated carbocycles.